The first-order valence-corrected chi connectivity index (χ1v) is 10.1. The lowest BCUT2D eigenvalue weighted by atomic mass is 10.0. The Morgan fingerprint density at radius 3 is 2.85 bits per heavy atom. The zero-order valence-corrected chi connectivity index (χ0v) is 15.7. The van der Waals surface area contributed by atoms with E-state index in [0.29, 0.717) is 0 Å². The van der Waals surface area contributed by atoms with Gasteiger partial charge < -0.3 is 0 Å². The van der Waals surface area contributed by atoms with Gasteiger partial charge in [0, 0.05) is 6.42 Å². The lowest BCUT2D eigenvalue weighted by Gasteiger charge is -2.09. The van der Waals surface area contributed by atoms with Gasteiger partial charge in [-0.15, -0.1) is 10.2 Å². The molecule has 0 bridgehead atoms. The summed E-state index contributed by atoms with van der Waals surface area (Å²) in [4.78, 5) is 4.64. The van der Waals surface area contributed by atoms with Gasteiger partial charge >= 0.3 is 0 Å². The lowest BCUT2D eigenvalue weighted by Crippen LogP contribution is -2.05. The molecule has 0 unspecified atom stereocenters. The molecule has 1 N–H and O–H groups in total. The molecule has 0 spiro atoms. The van der Waals surface area contributed by atoms with Gasteiger partial charge in [-0.3, -0.25) is 5.10 Å². The van der Waals surface area contributed by atoms with Gasteiger partial charge in [0.2, 0.25) is 5.16 Å². The van der Waals surface area contributed by atoms with Crippen molar-refractivity contribution in [3.05, 3.63) is 42.0 Å². The van der Waals surface area contributed by atoms with Crippen molar-refractivity contribution in [2.45, 2.75) is 55.9 Å². The summed E-state index contributed by atoms with van der Waals surface area (Å²) < 4.78 is 1.77. The zero-order chi connectivity index (χ0) is 17.8. The van der Waals surface area contributed by atoms with Crippen molar-refractivity contribution in [3.63, 3.8) is 0 Å². The number of tetrazole rings is 1. The zero-order valence-electron chi connectivity index (χ0n) is 14.9. The van der Waals surface area contributed by atoms with Crippen molar-refractivity contribution in [2.24, 2.45) is 5.92 Å². The fourth-order valence-corrected chi connectivity index (χ4v) is 4.32. The van der Waals surface area contributed by atoms with Gasteiger partial charge in [0.1, 0.15) is 5.82 Å². The van der Waals surface area contributed by atoms with Crippen molar-refractivity contribution >= 4 is 11.8 Å². The molecule has 0 saturated heterocycles. The molecular formula is C18H23N7S. The van der Waals surface area contributed by atoms with E-state index in [1.54, 1.807) is 16.4 Å². The molecule has 0 radical (unpaired) electrons. The number of aryl methyl sites for hydroxylation is 1. The van der Waals surface area contributed by atoms with Gasteiger partial charge in [-0.2, -0.15) is 4.68 Å². The highest BCUT2D eigenvalue weighted by atomic mass is 32.2. The molecule has 3 aromatic rings. The SMILES string of the molecule is C[C@@H](Sc1n[nH]c(CCC2CCCC2)n1)c1nnnn1-c1ccccc1. The van der Waals surface area contributed by atoms with Gasteiger partial charge in [-0.25, -0.2) is 4.98 Å². The largest absolute Gasteiger partial charge is 0.262 e. The standard InChI is InChI=1S/C18H23N7S/c1-13(17-21-23-24-25(17)15-9-3-2-4-10-15)26-18-19-16(20-22-18)12-11-14-7-5-6-8-14/h2-4,9-10,13-14H,5-8,11-12H2,1H3,(H,19,20,22)/t13-/m1/s1. The van der Waals surface area contributed by atoms with E-state index in [1.165, 1.54) is 32.1 Å². The predicted molar refractivity (Wildman–Crippen MR) is 100 cm³/mol. The monoisotopic (exact) mass is 369 g/mol. The van der Waals surface area contributed by atoms with E-state index in [4.69, 9.17) is 0 Å². The first kappa shape index (κ1) is 17.2. The summed E-state index contributed by atoms with van der Waals surface area (Å²) in [6.45, 7) is 2.07. The quantitative estimate of drug-likeness (QED) is 0.638. The second kappa shape index (κ2) is 7.99. The molecule has 1 fully saturated rings. The topological polar surface area (TPSA) is 85.2 Å². The van der Waals surface area contributed by atoms with Crippen LogP contribution in [0.15, 0.2) is 35.5 Å². The third kappa shape index (κ3) is 3.95. The van der Waals surface area contributed by atoms with Crippen molar-refractivity contribution in [3.8, 4) is 5.69 Å². The molecule has 136 valence electrons. The Labute approximate surface area is 157 Å². The minimum absolute atomic E-state index is 0.0451. The highest BCUT2D eigenvalue weighted by Crippen LogP contribution is 2.32. The highest BCUT2D eigenvalue weighted by molar-refractivity contribution is 7.99. The van der Waals surface area contributed by atoms with Crippen molar-refractivity contribution < 1.29 is 0 Å². The molecule has 1 aliphatic carbocycles. The van der Waals surface area contributed by atoms with Crippen molar-refractivity contribution in [1.29, 1.82) is 0 Å². The Balaban J connectivity index is 1.39. The fraction of sp³-hybridized carbons (Fsp3) is 0.500. The van der Waals surface area contributed by atoms with Crippen LogP contribution in [0.2, 0.25) is 0 Å². The highest BCUT2D eigenvalue weighted by Gasteiger charge is 2.20. The van der Waals surface area contributed by atoms with Crippen LogP contribution in [-0.2, 0) is 6.42 Å². The van der Waals surface area contributed by atoms with E-state index in [1.807, 2.05) is 30.3 Å². The molecule has 2 heterocycles. The summed E-state index contributed by atoms with van der Waals surface area (Å²) in [6.07, 6.45) is 7.70. The first-order valence-electron chi connectivity index (χ1n) is 9.21. The summed E-state index contributed by atoms with van der Waals surface area (Å²) in [5.74, 6) is 2.64. The van der Waals surface area contributed by atoms with Crippen LogP contribution in [0.5, 0.6) is 0 Å². The van der Waals surface area contributed by atoms with E-state index in [2.05, 4.69) is 37.6 Å². The van der Waals surface area contributed by atoms with Gasteiger partial charge in [0.05, 0.1) is 10.9 Å². The van der Waals surface area contributed by atoms with Crippen LogP contribution < -0.4 is 0 Å². The molecule has 1 saturated carbocycles. The Hall–Kier alpha value is -2.22. The molecule has 4 rings (SSSR count). The normalized spacial score (nSPS) is 16.2. The van der Waals surface area contributed by atoms with Crippen LogP contribution in [0, 0.1) is 5.92 Å². The second-order valence-corrected chi connectivity index (χ2v) is 8.11. The van der Waals surface area contributed by atoms with Gasteiger partial charge in [0.25, 0.3) is 0 Å². The molecule has 26 heavy (non-hydrogen) atoms. The Kier molecular flexibility index (Phi) is 5.29. The smallest absolute Gasteiger partial charge is 0.209 e. The van der Waals surface area contributed by atoms with Crippen LogP contribution in [-0.4, -0.2) is 35.4 Å². The maximum Gasteiger partial charge on any atom is 0.209 e. The number of para-hydroxylation sites is 1. The van der Waals surface area contributed by atoms with E-state index in [-0.39, 0.29) is 5.25 Å². The molecular weight excluding hydrogens is 346 g/mol. The number of hydrogen-bond donors (Lipinski definition) is 1. The fourth-order valence-electron chi connectivity index (χ4n) is 3.49. The number of thioether (sulfide) groups is 1. The Morgan fingerprint density at radius 2 is 2.04 bits per heavy atom. The number of aromatic amines is 1. The van der Waals surface area contributed by atoms with E-state index in [9.17, 15) is 0 Å². The number of nitrogens with one attached hydrogen (secondary N) is 1. The number of benzene rings is 1. The number of hydrogen-bond acceptors (Lipinski definition) is 6. The average molecular weight is 369 g/mol. The first-order chi connectivity index (χ1) is 12.8. The van der Waals surface area contributed by atoms with Gasteiger partial charge in [0.15, 0.2) is 5.82 Å². The molecule has 8 heteroatoms. The number of nitrogens with zero attached hydrogens (tertiary/aromatic N) is 6. The van der Waals surface area contributed by atoms with Crippen LogP contribution in [0.1, 0.15) is 55.9 Å². The summed E-state index contributed by atoms with van der Waals surface area (Å²) in [7, 11) is 0. The third-order valence-electron chi connectivity index (χ3n) is 4.92. The van der Waals surface area contributed by atoms with Crippen LogP contribution in [0.4, 0.5) is 0 Å². The minimum Gasteiger partial charge on any atom is -0.262 e. The van der Waals surface area contributed by atoms with E-state index >= 15 is 0 Å². The van der Waals surface area contributed by atoms with Crippen LogP contribution in [0.3, 0.4) is 0 Å². The molecule has 0 amide bonds. The van der Waals surface area contributed by atoms with E-state index < -0.39 is 0 Å². The minimum atomic E-state index is 0.0451. The Morgan fingerprint density at radius 1 is 1.23 bits per heavy atom. The van der Waals surface area contributed by atoms with Crippen molar-refractivity contribution in [1.82, 2.24) is 35.4 Å². The molecule has 0 aliphatic heterocycles. The van der Waals surface area contributed by atoms with Gasteiger partial charge in [-0.1, -0.05) is 55.6 Å². The molecule has 1 aromatic carbocycles. The number of H-pyrrole nitrogens is 1. The van der Waals surface area contributed by atoms with E-state index in [0.717, 1.165) is 34.8 Å². The lowest BCUT2D eigenvalue weighted by molar-refractivity contribution is 0.497. The maximum atomic E-state index is 4.64. The second-order valence-electron chi connectivity index (χ2n) is 6.80. The summed E-state index contributed by atoms with van der Waals surface area (Å²) >= 11 is 1.57. The molecule has 2 aromatic heterocycles. The van der Waals surface area contributed by atoms with Gasteiger partial charge in [-0.05, 0) is 41.8 Å². The summed E-state index contributed by atoms with van der Waals surface area (Å²) in [5.41, 5.74) is 0.951. The molecule has 7 nitrogen and oxygen atoms in total. The number of aromatic nitrogens is 7. The Bertz CT molecular complexity index is 823. The summed E-state index contributed by atoms with van der Waals surface area (Å²) in [6, 6.07) is 9.91. The predicted octanol–water partition coefficient (Wildman–Crippen LogP) is 3.76. The average Bonchev–Trinajstić information content (AvgIpc) is 3.42. The third-order valence-corrected chi connectivity index (χ3v) is 5.87. The maximum absolute atomic E-state index is 4.64. The number of rotatable bonds is 7. The molecule has 1 aliphatic rings. The van der Waals surface area contributed by atoms with Crippen LogP contribution >= 0.6 is 11.8 Å². The van der Waals surface area contributed by atoms with Crippen molar-refractivity contribution in [2.75, 3.05) is 0 Å². The molecule has 1 atom stereocenters. The summed E-state index contributed by atoms with van der Waals surface area (Å²) in [5, 5.41) is 20.4. The van der Waals surface area contributed by atoms with Crippen LogP contribution in [0.25, 0.3) is 5.69 Å².